The Morgan fingerprint density at radius 1 is 0.970 bits per heavy atom. The van der Waals surface area contributed by atoms with Gasteiger partial charge in [0.15, 0.2) is 23.0 Å². The van der Waals surface area contributed by atoms with E-state index in [-0.39, 0.29) is 0 Å². The van der Waals surface area contributed by atoms with Crippen molar-refractivity contribution in [2.75, 3.05) is 26.1 Å². The number of aromatic nitrogens is 3. The Morgan fingerprint density at radius 2 is 1.85 bits per heavy atom. The Labute approximate surface area is 195 Å². The molecule has 33 heavy (non-hydrogen) atoms. The predicted molar refractivity (Wildman–Crippen MR) is 132 cm³/mol. The zero-order valence-corrected chi connectivity index (χ0v) is 19.5. The van der Waals surface area contributed by atoms with Crippen LogP contribution in [0.25, 0.3) is 26.3 Å². The van der Waals surface area contributed by atoms with Gasteiger partial charge in [0.2, 0.25) is 0 Å². The third-order valence-electron chi connectivity index (χ3n) is 5.24. The molecule has 0 radical (unpaired) electrons. The van der Waals surface area contributed by atoms with Crippen LogP contribution in [-0.2, 0) is 0 Å². The Bertz CT molecular complexity index is 1430. The van der Waals surface area contributed by atoms with E-state index < -0.39 is 0 Å². The van der Waals surface area contributed by atoms with Gasteiger partial charge in [-0.05, 0) is 48.2 Å². The van der Waals surface area contributed by atoms with Crippen molar-refractivity contribution in [2.45, 2.75) is 13.3 Å². The highest BCUT2D eigenvalue weighted by Crippen LogP contribution is 2.38. The van der Waals surface area contributed by atoms with E-state index in [1.807, 2.05) is 53.2 Å². The molecule has 168 valence electrons. The van der Waals surface area contributed by atoms with Gasteiger partial charge in [0.25, 0.3) is 0 Å². The maximum absolute atomic E-state index is 5.75. The van der Waals surface area contributed by atoms with Gasteiger partial charge in [-0.2, -0.15) is 0 Å². The van der Waals surface area contributed by atoms with Crippen LogP contribution in [0.3, 0.4) is 0 Å². The predicted octanol–water partition coefficient (Wildman–Crippen LogP) is 6.16. The number of nitrogens with zero attached hydrogens (tertiary/aromatic N) is 3. The third kappa shape index (κ3) is 4.05. The number of hydrogen-bond donors (Lipinski definition) is 1. The minimum atomic E-state index is 0.647. The Balaban J connectivity index is 1.48. The average molecular weight is 461 g/mol. The molecule has 0 fully saturated rings. The van der Waals surface area contributed by atoms with Crippen LogP contribution in [0.15, 0.2) is 60.8 Å². The minimum absolute atomic E-state index is 0.647. The summed E-state index contributed by atoms with van der Waals surface area (Å²) in [5.74, 6) is 2.97. The number of hydrogen-bond acceptors (Lipinski definition) is 7. The Hall–Kier alpha value is -3.78. The average Bonchev–Trinajstić information content (AvgIpc) is 3.46. The molecule has 3 aromatic heterocycles. The molecule has 0 amide bonds. The first-order valence-corrected chi connectivity index (χ1v) is 11.5. The fraction of sp³-hybridized carbons (Fsp3) is 0.200. The molecule has 0 aliphatic carbocycles. The monoisotopic (exact) mass is 460 g/mol. The summed E-state index contributed by atoms with van der Waals surface area (Å²) in [7, 11) is 3.33. The normalized spacial score (nSPS) is 11.1. The number of imidazole rings is 1. The number of benzene rings is 2. The SMILES string of the molecule is CCCOc1ccc(Nc2ccc3ncc(-c4cc5cccc(OC)c5s4)n3n2)cc1OC. The van der Waals surface area contributed by atoms with E-state index in [0.717, 1.165) is 49.9 Å². The molecule has 0 spiro atoms. The summed E-state index contributed by atoms with van der Waals surface area (Å²) in [6.45, 7) is 2.72. The van der Waals surface area contributed by atoms with Crippen molar-refractivity contribution < 1.29 is 14.2 Å². The lowest BCUT2D eigenvalue weighted by atomic mass is 10.2. The first kappa shape index (κ1) is 21.1. The van der Waals surface area contributed by atoms with Gasteiger partial charge in [-0.3, -0.25) is 0 Å². The van der Waals surface area contributed by atoms with E-state index in [1.165, 1.54) is 0 Å². The summed E-state index contributed by atoms with van der Waals surface area (Å²) in [6.07, 6.45) is 2.79. The lowest BCUT2D eigenvalue weighted by Crippen LogP contribution is -2.01. The van der Waals surface area contributed by atoms with Gasteiger partial charge >= 0.3 is 0 Å². The van der Waals surface area contributed by atoms with E-state index in [4.69, 9.17) is 19.3 Å². The molecule has 5 rings (SSSR count). The van der Waals surface area contributed by atoms with Crippen molar-refractivity contribution in [1.29, 1.82) is 0 Å². The van der Waals surface area contributed by atoms with Crippen LogP contribution in [0.5, 0.6) is 17.2 Å². The van der Waals surface area contributed by atoms with E-state index in [0.29, 0.717) is 18.2 Å². The summed E-state index contributed by atoms with van der Waals surface area (Å²) in [6, 6.07) is 17.8. The zero-order chi connectivity index (χ0) is 22.8. The number of nitrogens with one attached hydrogen (secondary N) is 1. The van der Waals surface area contributed by atoms with Gasteiger partial charge in [0.1, 0.15) is 11.4 Å². The Morgan fingerprint density at radius 3 is 2.67 bits per heavy atom. The molecule has 3 heterocycles. The van der Waals surface area contributed by atoms with Gasteiger partial charge in [0, 0.05) is 11.8 Å². The standard InChI is InChI=1S/C25H24N4O3S/c1-4-12-32-19-9-8-17(14-21(19)31-3)27-23-10-11-24-26-15-18(29(24)28-23)22-13-16-6-5-7-20(30-2)25(16)33-22/h5-11,13-15H,4,12H2,1-3H3,(H,27,28). The Kier molecular flexibility index (Phi) is 5.75. The quantitative estimate of drug-likeness (QED) is 0.299. The molecule has 0 aliphatic rings. The summed E-state index contributed by atoms with van der Waals surface area (Å²) >= 11 is 1.67. The highest BCUT2D eigenvalue weighted by molar-refractivity contribution is 7.22. The topological polar surface area (TPSA) is 69.9 Å². The smallest absolute Gasteiger partial charge is 0.162 e. The lowest BCUT2D eigenvalue weighted by molar-refractivity contribution is 0.294. The number of anilines is 2. The largest absolute Gasteiger partial charge is 0.495 e. The maximum Gasteiger partial charge on any atom is 0.162 e. The number of rotatable bonds is 8. The van der Waals surface area contributed by atoms with Crippen LogP contribution in [0.4, 0.5) is 11.5 Å². The molecule has 2 aromatic carbocycles. The molecule has 0 saturated heterocycles. The number of fused-ring (bicyclic) bond motifs is 2. The van der Waals surface area contributed by atoms with Crippen LogP contribution in [0.2, 0.25) is 0 Å². The van der Waals surface area contributed by atoms with Gasteiger partial charge < -0.3 is 19.5 Å². The molecule has 1 N–H and O–H groups in total. The van der Waals surface area contributed by atoms with Crippen molar-refractivity contribution >= 4 is 38.6 Å². The van der Waals surface area contributed by atoms with Gasteiger partial charge in [-0.15, -0.1) is 16.4 Å². The lowest BCUT2D eigenvalue weighted by Gasteiger charge is -2.12. The van der Waals surface area contributed by atoms with E-state index >= 15 is 0 Å². The van der Waals surface area contributed by atoms with Crippen LogP contribution in [0, 0.1) is 0 Å². The summed E-state index contributed by atoms with van der Waals surface area (Å²) in [4.78, 5) is 5.61. The number of ether oxygens (including phenoxy) is 3. The molecule has 0 aliphatic heterocycles. The highest BCUT2D eigenvalue weighted by Gasteiger charge is 2.14. The molecule has 7 nitrogen and oxygen atoms in total. The highest BCUT2D eigenvalue weighted by atomic mass is 32.1. The fourth-order valence-electron chi connectivity index (χ4n) is 3.66. The first-order chi connectivity index (χ1) is 16.2. The van der Waals surface area contributed by atoms with Crippen molar-refractivity contribution in [3.63, 3.8) is 0 Å². The van der Waals surface area contributed by atoms with Crippen molar-refractivity contribution in [2.24, 2.45) is 0 Å². The fourth-order valence-corrected chi connectivity index (χ4v) is 4.80. The molecule has 0 atom stereocenters. The molecular weight excluding hydrogens is 436 g/mol. The summed E-state index contributed by atoms with van der Waals surface area (Å²) in [5.41, 5.74) is 2.56. The molecule has 0 unspecified atom stereocenters. The van der Waals surface area contributed by atoms with E-state index in [1.54, 1.807) is 25.6 Å². The van der Waals surface area contributed by atoms with Crippen LogP contribution in [-0.4, -0.2) is 35.4 Å². The van der Waals surface area contributed by atoms with Crippen LogP contribution >= 0.6 is 11.3 Å². The second-order valence-electron chi connectivity index (χ2n) is 7.46. The molecule has 5 aromatic rings. The molecule has 0 bridgehead atoms. The van der Waals surface area contributed by atoms with Gasteiger partial charge in [0.05, 0.1) is 36.6 Å². The number of methoxy groups -OCH3 is 2. The van der Waals surface area contributed by atoms with Crippen molar-refractivity contribution in [1.82, 2.24) is 14.6 Å². The molecule has 0 saturated carbocycles. The number of thiophene rings is 1. The minimum Gasteiger partial charge on any atom is -0.495 e. The van der Waals surface area contributed by atoms with Crippen molar-refractivity contribution in [3.8, 4) is 27.8 Å². The summed E-state index contributed by atoms with van der Waals surface area (Å²) < 4.78 is 19.7. The molecule has 8 heteroatoms. The zero-order valence-electron chi connectivity index (χ0n) is 18.7. The molecular formula is C25H24N4O3S. The van der Waals surface area contributed by atoms with Gasteiger partial charge in [-0.25, -0.2) is 9.50 Å². The maximum atomic E-state index is 5.75. The third-order valence-corrected chi connectivity index (χ3v) is 6.43. The second kappa shape index (κ2) is 8.99. The van der Waals surface area contributed by atoms with Crippen LogP contribution in [0.1, 0.15) is 13.3 Å². The van der Waals surface area contributed by atoms with Crippen LogP contribution < -0.4 is 19.5 Å². The van der Waals surface area contributed by atoms with Crippen molar-refractivity contribution in [3.05, 3.63) is 60.8 Å². The first-order valence-electron chi connectivity index (χ1n) is 10.7. The van der Waals surface area contributed by atoms with E-state index in [2.05, 4.69) is 29.4 Å². The van der Waals surface area contributed by atoms with Gasteiger partial charge in [-0.1, -0.05) is 19.1 Å². The summed E-state index contributed by atoms with van der Waals surface area (Å²) in [5, 5.41) is 9.28. The van der Waals surface area contributed by atoms with E-state index in [9.17, 15) is 0 Å². The second-order valence-corrected chi connectivity index (χ2v) is 8.51.